The molecule has 0 aliphatic carbocycles. The fraction of sp³-hybridized carbons (Fsp3) is 0.800. The minimum Gasteiger partial charge on any atom is -0.338 e. The maximum Gasteiger partial charge on any atom is 0.243 e. The molecule has 0 radical (unpaired) electrons. The molecule has 1 unspecified atom stereocenters. The highest BCUT2D eigenvalue weighted by Crippen LogP contribution is 2.22. The first-order valence-corrected chi connectivity index (χ1v) is 4.92. The van der Waals surface area contributed by atoms with Crippen LogP contribution in [-0.2, 0) is 5.41 Å². The van der Waals surface area contributed by atoms with Crippen molar-refractivity contribution in [1.29, 1.82) is 0 Å². The van der Waals surface area contributed by atoms with Gasteiger partial charge in [-0.2, -0.15) is 4.98 Å². The third-order valence-electron chi connectivity index (χ3n) is 2.12. The molecule has 0 amide bonds. The largest absolute Gasteiger partial charge is 0.338 e. The van der Waals surface area contributed by atoms with Crippen LogP contribution < -0.4 is 5.73 Å². The van der Waals surface area contributed by atoms with Crippen molar-refractivity contribution < 1.29 is 4.52 Å². The van der Waals surface area contributed by atoms with Gasteiger partial charge in [0.1, 0.15) is 0 Å². The number of aromatic nitrogens is 2. The molecule has 0 saturated heterocycles. The molecule has 1 atom stereocenters. The molecule has 1 rings (SSSR count). The first kappa shape index (κ1) is 11.2. The maximum atomic E-state index is 5.90. The first-order valence-electron chi connectivity index (χ1n) is 4.92. The fourth-order valence-corrected chi connectivity index (χ4v) is 0.960. The van der Waals surface area contributed by atoms with Crippen molar-refractivity contribution in [2.24, 2.45) is 11.7 Å². The number of nitrogens with two attached hydrogens (primary N) is 1. The molecule has 0 fully saturated rings. The average molecular weight is 197 g/mol. The van der Waals surface area contributed by atoms with Crippen molar-refractivity contribution in [3.63, 3.8) is 0 Å². The van der Waals surface area contributed by atoms with E-state index in [4.69, 9.17) is 10.3 Å². The van der Waals surface area contributed by atoms with Crippen LogP contribution in [0.3, 0.4) is 0 Å². The molecule has 1 aromatic heterocycles. The van der Waals surface area contributed by atoms with Gasteiger partial charge in [0.15, 0.2) is 5.82 Å². The second kappa shape index (κ2) is 3.69. The Morgan fingerprint density at radius 3 is 2.21 bits per heavy atom. The second-order valence-electron chi connectivity index (χ2n) is 4.98. The Labute approximate surface area is 84.9 Å². The van der Waals surface area contributed by atoms with E-state index in [0.29, 0.717) is 17.6 Å². The molecular formula is C10H19N3O. The molecule has 0 aliphatic rings. The van der Waals surface area contributed by atoms with Gasteiger partial charge >= 0.3 is 0 Å². The topological polar surface area (TPSA) is 64.9 Å². The Bertz CT molecular complexity index is 299. The van der Waals surface area contributed by atoms with E-state index in [9.17, 15) is 0 Å². The van der Waals surface area contributed by atoms with Crippen LogP contribution in [-0.4, -0.2) is 10.1 Å². The van der Waals surface area contributed by atoms with E-state index in [-0.39, 0.29) is 11.5 Å². The summed E-state index contributed by atoms with van der Waals surface area (Å²) in [6.07, 6.45) is 0. The molecule has 4 heteroatoms. The molecular weight excluding hydrogens is 178 g/mol. The van der Waals surface area contributed by atoms with Gasteiger partial charge in [-0.05, 0) is 5.92 Å². The standard InChI is InChI=1S/C10H19N3O/c1-6(2)7(11)8-12-9(13-14-8)10(3,4)5/h6-7H,11H2,1-5H3. The molecule has 2 N–H and O–H groups in total. The van der Waals surface area contributed by atoms with Crippen LogP contribution in [0.25, 0.3) is 0 Å². The molecule has 0 spiro atoms. The van der Waals surface area contributed by atoms with Gasteiger partial charge in [0.2, 0.25) is 5.89 Å². The van der Waals surface area contributed by atoms with E-state index in [1.165, 1.54) is 0 Å². The van der Waals surface area contributed by atoms with Gasteiger partial charge in [0, 0.05) is 5.41 Å². The molecule has 0 aliphatic heterocycles. The van der Waals surface area contributed by atoms with Gasteiger partial charge < -0.3 is 10.3 Å². The average Bonchev–Trinajstić information content (AvgIpc) is 2.49. The quantitative estimate of drug-likeness (QED) is 0.787. The molecule has 80 valence electrons. The number of hydrogen-bond donors (Lipinski definition) is 1. The zero-order chi connectivity index (χ0) is 10.9. The predicted octanol–water partition coefficient (Wildman–Crippen LogP) is 2.02. The Hall–Kier alpha value is -0.900. The molecule has 0 bridgehead atoms. The van der Waals surface area contributed by atoms with E-state index < -0.39 is 0 Å². The van der Waals surface area contributed by atoms with Crippen LogP contribution >= 0.6 is 0 Å². The lowest BCUT2D eigenvalue weighted by Crippen LogP contribution is -2.18. The fourth-order valence-electron chi connectivity index (χ4n) is 0.960. The van der Waals surface area contributed by atoms with Crippen molar-refractivity contribution in [1.82, 2.24) is 10.1 Å². The van der Waals surface area contributed by atoms with Crippen molar-refractivity contribution in [2.75, 3.05) is 0 Å². The lowest BCUT2D eigenvalue weighted by Gasteiger charge is -2.12. The van der Waals surface area contributed by atoms with E-state index in [1.54, 1.807) is 0 Å². The van der Waals surface area contributed by atoms with Crippen molar-refractivity contribution in [3.8, 4) is 0 Å². The highest BCUT2D eigenvalue weighted by Gasteiger charge is 2.24. The van der Waals surface area contributed by atoms with E-state index in [0.717, 1.165) is 0 Å². The van der Waals surface area contributed by atoms with Crippen LogP contribution in [0.15, 0.2) is 4.52 Å². The van der Waals surface area contributed by atoms with Crippen LogP contribution in [0.5, 0.6) is 0 Å². The van der Waals surface area contributed by atoms with E-state index in [1.807, 2.05) is 34.6 Å². The summed E-state index contributed by atoms with van der Waals surface area (Å²) in [5.74, 6) is 1.55. The summed E-state index contributed by atoms with van der Waals surface area (Å²) in [7, 11) is 0. The molecule has 0 saturated carbocycles. The van der Waals surface area contributed by atoms with Crippen LogP contribution in [0.1, 0.15) is 52.4 Å². The Balaban J connectivity index is 2.89. The molecule has 1 aromatic rings. The summed E-state index contributed by atoms with van der Waals surface area (Å²) >= 11 is 0. The zero-order valence-electron chi connectivity index (χ0n) is 9.53. The third kappa shape index (κ3) is 2.32. The van der Waals surface area contributed by atoms with Crippen LogP contribution in [0.2, 0.25) is 0 Å². The van der Waals surface area contributed by atoms with Crippen molar-refractivity contribution >= 4 is 0 Å². The van der Waals surface area contributed by atoms with Gasteiger partial charge in [-0.3, -0.25) is 0 Å². The first-order chi connectivity index (χ1) is 6.32. The highest BCUT2D eigenvalue weighted by atomic mass is 16.5. The second-order valence-corrected chi connectivity index (χ2v) is 4.98. The monoisotopic (exact) mass is 197 g/mol. The Kier molecular flexibility index (Phi) is 2.95. The minimum absolute atomic E-state index is 0.0849. The summed E-state index contributed by atoms with van der Waals surface area (Å²) in [5, 5.41) is 3.92. The summed E-state index contributed by atoms with van der Waals surface area (Å²) in [4.78, 5) is 4.30. The lowest BCUT2D eigenvalue weighted by molar-refractivity contribution is 0.318. The summed E-state index contributed by atoms with van der Waals surface area (Å²) in [6, 6.07) is -0.168. The van der Waals surface area contributed by atoms with E-state index in [2.05, 4.69) is 10.1 Å². The molecule has 1 heterocycles. The van der Waals surface area contributed by atoms with Gasteiger partial charge in [0.05, 0.1) is 6.04 Å². The number of hydrogen-bond acceptors (Lipinski definition) is 4. The van der Waals surface area contributed by atoms with Crippen molar-refractivity contribution in [3.05, 3.63) is 11.7 Å². The third-order valence-corrected chi connectivity index (χ3v) is 2.12. The summed E-state index contributed by atoms with van der Waals surface area (Å²) < 4.78 is 5.13. The lowest BCUT2D eigenvalue weighted by atomic mass is 9.96. The molecule has 4 nitrogen and oxygen atoms in total. The van der Waals surface area contributed by atoms with Crippen molar-refractivity contribution in [2.45, 2.75) is 46.1 Å². The minimum atomic E-state index is -0.168. The zero-order valence-corrected chi connectivity index (χ0v) is 9.53. The summed E-state index contributed by atoms with van der Waals surface area (Å²) in [6.45, 7) is 10.2. The predicted molar refractivity (Wildman–Crippen MR) is 54.8 cm³/mol. The van der Waals surface area contributed by atoms with Crippen LogP contribution in [0.4, 0.5) is 0 Å². The number of nitrogens with zero attached hydrogens (tertiary/aromatic N) is 2. The normalized spacial score (nSPS) is 14.8. The molecule has 14 heavy (non-hydrogen) atoms. The Morgan fingerprint density at radius 1 is 1.29 bits per heavy atom. The van der Waals surface area contributed by atoms with Gasteiger partial charge in [-0.25, -0.2) is 0 Å². The number of rotatable bonds is 2. The smallest absolute Gasteiger partial charge is 0.243 e. The Morgan fingerprint density at radius 2 is 1.86 bits per heavy atom. The van der Waals surface area contributed by atoms with E-state index >= 15 is 0 Å². The van der Waals surface area contributed by atoms with Gasteiger partial charge in [-0.1, -0.05) is 39.8 Å². The summed E-state index contributed by atoms with van der Waals surface area (Å²) in [5.41, 5.74) is 5.81. The van der Waals surface area contributed by atoms with Crippen LogP contribution in [0, 0.1) is 5.92 Å². The van der Waals surface area contributed by atoms with Gasteiger partial charge in [-0.15, -0.1) is 0 Å². The maximum absolute atomic E-state index is 5.90. The SMILES string of the molecule is CC(C)C(N)c1nc(C(C)(C)C)no1. The highest BCUT2D eigenvalue weighted by molar-refractivity contribution is 5.02. The van der Waals surface area contributed by atoms with Gasteiger partial charge in [0.25, 0.3) is 0 Å². The molecule has 0 aromatic carbocycles.